The highest BCUT2D eigenvalue weighted by molar-refractivity contribution is 6.31. The first-order valence-corrected chi connectivity index (χ1v) is 11.4. The fourth-order valence-corrected chi connectivity index (χ4v) is 4.26. The third-order valence-corrected chi connectivity index (χ3v) is 6.32. The van der Waals surface area contributed by atoms with Gasteiger partial charge in [0.25, 0.3) is 5.91 Å². The maximum absolute atomic E-state index is 15.1. The maximum Gasteiger partial charge on any atom is 0.380 e. The van der Waals surface area contributed by atoms with E-state index in [1.54, 1.807) is 18.2 Å². The molecule has 5 rings (SSSR count). The van der Waals surface area contributed by atoms with Crippen LogP contribution in [0.15, 0.2) is 46.9 Å². The van der Waals surface area contributed by atoms with Crippen LogP contribution in [0.4, 0.5) is 8.78 Å². The molecule has 0 spiro atoms. The van der Waals surface area contributed by atoms with Crippen molar-refractivity contribution in [2.75, 3.05) is 32.8 Å². The lowest BCUT2D eigenvalue weighted by atomic mass is 9.99. The number of aliphatic hydroxyl groups is 1. The molecule has 2 atom stereocenters. The Hall–Kier alpha value is -2.88. The van der Waals surface area contributed by atoms with Crippen LogP contribution in [-0.4, -0.2) is 54.8 Å². The topological polar surface area (TPSA) is 84.2 Å². The summed E-state index contributed by atoms with van der Waals surface area (Å²) in [5, 5.41) is 14.1. The number of hydrogen-bond acceptors (Lipinski definition) is 6. The molecule has 1 aromatic heterocycles. The minimum absolute atomic E-state index is 0.195. The molecule has 2 unspecified atom stereocenters. The maximum atomic E-state index is 15.1. The number of carbonyl (C=O) groups is 1. The van der Waals surface area contributed by atoms with E-state index in [-0.39, 0.29) is 12.1 Å². The summed E-state index contributed by atoms with van der Waals surface area (Å²) >= 11 is 5.92. The van der Waals surface area contributed by atoms with Crippen LogP contribution < -0.4 is 14.8 Å². The van der Waals surface area contributed by atoms with Gasteiger partial charge in [0.2, 0.25) is 0 Å². The highest BCUT2D eigenvalue weighted by Gasteiger charge is 2.46. The molecular weight excluding hydrogens is 470 g/mol. The van der Waals surface area contributed by atoms with Gasteiger partial charge in [0.1, 0.15) is 24.9 Å². The average Bonchev–Trinajstić information content (AvgIpc) is 3.23. The number of hydrogen-bond donors (Lipinski definition) is 2. The lowest BCUT2D eigenvalue weighted by Crippen LogP contribution is -2.53. The standard InChI is InChI=1S/C24H23ClF2N2O5/c25-16-3-5-18-15(10-16)12-21(34-18)24(26,27)23(31)28-17(13-29-6-1-7-29)22(30)14-2-4-19-20(11-14)33-9-8-32-19/h2-5,10-12,17,22,30H,1,6-9,13H2,(H,28,31). The lowest BCUT2D eigenvalue weighted by Gasteiger charge is -2.36. The molecule has 0 bridgehead atoms. The van der Waals surface area contributed by atoms with Crippen molar-refractivity contribution in [3.05, 3.63) is 58.8 Å². The van der Waals surface area contributed by atoms with Crippen LogP contribution in [0, 0.1) is 0 Å². The molecule has 1 fully saturated rings. The number of fused-ring (bicyclic) bond motifs is 2. The number of amides is 1. The molecule has 1 amide bonds. The zero-order chi connectivity index (χ0) is 23.9. The molecule has 0 radical (unpaired) electrons. The van der Waals surface area contributed by atoms with Crippen LogP contribution in [0.5, 0.6) is 11.5 Å². The Morgan fingerprint density at radius 3 is 2.62 bits per heavy atom. The van der Waals surface area contributed by atoms with E-state index in [1.165, 1.54) is 18.2 Å². The van der Waals surface area contributed by atoms with Gasteiger partial charge in [0.15, 0.2) is 17.3 Å². The Morgan fingerprint density at radius 1 is 1.12 bits per heavy atom. The predicted octanol–water partition coefficient (Wildman–Crippen LogP) is 3.87. The smallest absolute Gasteiger partial charge is 0.380 e. The number of aliphatic hydroxyl groups excluding tert-OH is 1. The Labute approximate surface area is 199 Å². The van der Waals surface area contributed by atoms with Gasteiger partial charge in [-0.2, -0.15) is 8.78 Å². The summed E-state index contributed by atoms with van der Waals surface area (Å²) in [6, 6.07) is 9.47. The molecule has 1 saturated heterocycles. The second-order valence-electron chi connectivity index (χ2n) is 8.45. The molecule has 2 aliphatic heterocycles. The highest BCUT2D eigenvalue weighted by atomic mass is 35.5. The van der Waals surface area contributed by atoms with E-state index in [0.717, 1.165) is 25.6 Å². The summed E-state index contributed by atoms with van der Waals surface area (Å²) in [4.78, 5) is 14.7. The summed E-state index contributed by atoms with van der Waals surface area (Å²) < 4.78 is 46.5. The predicted molar refractivity (Wildman–Crippen MR) is 120 cm³/mol. The van der Waals surface area contributed by atoms with Crippen molar-refractivity contribution < 1.29 is 32.6 Å². The van der Waals surface area contributed by atoms with Gasteiger partial charge in [0, 0.05) is 17.0 Å². The molecule has 7 nitrogen and oxygen atoms in total. The van der Waals surface area contributed by atoms with Gasteiger partial charge in [-0.25, -0.2) is 0 Å². The zero-order valence-corrected chi connectivity index (χ0v) is 18.9. The van der Waals surface area contributed by atoms with E-state index in [4.69, 9.17) is 25.5 Å². The van der Waals surface area contributed by atoms with Crippen LogP contribution in [0.2, 0.25) is 5.02 Å². The molecule has 2 N–H and O–H groups in total. The largest absolute Gasteiger partial charge is 0.486 e. The fraction of sp³-hybridized carbons (Fsp3) is 0.375. The van der Waals surface area contributed by atoms with Crippen molar-refractivity contribution in [1.82, 2.24) is 10.2 Å². The molecule has 2 aliphatic rings. The van der Waals surface area contributed by atoms with Crippen molar-refractivity contribution >= 4 is 28.5 Å². The molecule has 3 aromatic rings. The minimum Gasteiger partial charge on any atom is -0.486 e. The number of benzene rings is 2. The Balaban J connectivity index is 1.38. The second kappa shape index (κ2) is 9.05. The molecule has 2 aromatic carbocycles. The number of rotatable bonds is 7. The van der Waals surface area contributed by atoms with Crippen LogP contribution in [-0.2, 0) is 10.7 Å². The summed E-state index contributed by atoms with van der Waals surface area (Å²) in [5.74, 6) is -5.30. The normalized spacial score (nSPS) is 17.8. The molecule has 180 valence electrons. The summed E-state index contributed by atoms with van der Waals surface area (Å²) in [7, 11) is 0. The van der Waals surface area contributed by atoms with Crippen molar-refractivity contribution in [3.8, 4) is 11.5 Å². The number of carbonyl (C=O) groups excluding carboxylic acids is 1. The number of ether oxygens (including phenoxy) is 2. The third kappa shape index (κ3) is 4.43. The third-order valence-electron chi connectivity index (χ3n) is 6.08. The summed E-state index contributed by atoms with van der Waals surface area (Å²) in [6.45, 7) is 2.54. The van der Waals surface area contributed by atoms with E-state index in [9.17, 15) is 9.90 Å². The van der Waals surface area contributed by atoms with Gasteiger partial charge in [-0.05, 0) is 61.5 Å². The van der Waals surface area contributed by atoms with Crippen LogP contribution in [0.1, 0.15) is 23.8 Å². The van der Waals surface area contributed by atoms with Crippen LogP contribution in [0.3, 0.4) is 0 Å². The Kier molecular flexibility index (Phi) is 6.09. The van der Waals surface area contributed by atoms with E-state index >= 15 is 8.78 Å². The quantitative estimate of drug-likeness (QED) is 0.521. The van der Waals surface area contributed by atoms with Gasteiger partial charge < -0.3 is 29.2 Å². The number of nitrogens with one attached hydrogen (secondary N) is 1. The highest BCUT2D eigenvalue weighted by Crippen LogP contribution is 2.36. The molecule has 0 aliphatic carbocycles. The van der Waals surface area contributed by atoms with Crippen molar-refractivity contribution in [3.63, 3.8) is 0 Å². The number of furan rings is 1. The van der Waals surface area contributed by atoms with Crippen molar-refractivity contribution in [2.24, 2.45) is 0 Å². The average molecular weight is 493 g/mol. The Morgan fingerprint density at radius 2 is 1.88 bits per heavy atom. The van der Waals surface area contributed by atoms with E-state index in [0.29, 0.717) is 40.7 Å². The first kappa shape index (κ1) is 22.9. The number of alkyl halides is 2. The van der Waals surface area contributed by atoms with Gasteiger partial charge in [-0.15, -0.1) is 0 Å². The first-order valence-electron chi connectivity index (χ1n) is 11.0. The molecule has 0 saturated carbocycles. The number of halogens is 3. The monoisotopic (exact) mass is 492 g/mol. The van der Waals surface area contributed by atoms with Crippen LogP contribution in [0.25, 0.3) is 11.0 Å². The van der Waals surface area contributed by atoms with Crippen molar-refractivity contribution in [1.29, 1.82) is 0 Å². The molecular formula is C24H23ClF2N2O5. The molecule has 3 heterocycles. The molecule has 34 heavy (non-hydrogen) atoms. The second-order valence-corrected chi connectivity index (χ2v) is 8.89. The summed E-state index contributed by atoms with van der Waals surface area (Å²) in [6.07, 6.45) is -0.274. The summed E-state index contributed by atoms with van der Waals surface area (Å²) in [5.41, 5.74) is 0.622. The zero-order valence-electron chi connectivity index (χ0n) is 18.1. The number of nitrogens with zero attached hydrogens (tertiary/aromatic N) is 1. The van der Waals surface area contributed by atoms with Gasteiger partial charge >= 0.3 is 5.92 Å². The van der Waals surface area contributed by atoms with Crippen molar-refractivity contribution in [2.45, 2.75) is 24.5 Å². The minimum atomic E-state index is -3.95. The first-order chi connectivity index (χ1) is 16.3. The van der Waals surface area contributed by atoms with Crippen LogP contribution >= 0.6 is 11.6 Å². The van der Waals surface area contributed by atoms with E-state index < -0.39 is 29.7 Å². The van der Waals surface area contributed by atoms with E-state index in [2.05, 4.69) is 5.32 Å². The van der Waals surface area contributed by atoms with Gasteiger partial charge in [-0.3, -0.25) is 4.79 Å². The fourth-order valence-electron chi connectivity index (χ4n) is 4.08. The molecule has 10 heteroatoms. The van der Waals surface area contributed by atoms with Gasteiger partial charge in [0.05, 0.1) is 6.04 Å². The number of likely N-dealkylation sites (tertiary alicyclic amines) is 1. The van der Waals surface area contributed by atoms with Gasteiger partial charge in [-0.1, -0.05) is 17.7 Å². The lowest BCUT2D eigenvalue weighted by molar-refractivity contribution is -0.151. The SMILES string of the molecule is O=C(NC(CN1CCC1)C(O)c1ccc2c(c1)OCCO2)C(F)(F)c1cc2cc(Cl)ccc2o1. The van der Waals surface area contributed by atoms with E-state index in [1.807, 2.05) is 4.90 Å². The Bertz CT molecular complexity index is 1210.